The van der Waals surface area contributed by atoms with Gasteiger partial charge < -0.3 is 15.2 Å². The van der Waals surface area contributed by atoms with E-state index >= 15 is 0 Å². The van der Waals surface area contributed by atoms with Crippen LogP contribution in [0.2, 0.25) is 0 Å². The minimum Gasteiger partial charge on any atom is -0.508 e. The molecule has 0 saturated heterocycles. The summed E-state index contributed by atoms with van der Waals surface area (Å²) in [7, 11) is 0. The van der Waals surface area contributed by atoms with Gasteiger partial charge in [-0.1, -0.05) is 59.9 Å². The molecule has 2 N–H and O–H groups in total. The molecule has 0 atom stereocenters. The van der Waals surface area contributed by atoms with Crippen molar-refractivity contribution >= 4 is 11.6 Å². The molecular formula is C27H39NO3. The Kier molecular flexibility index (Phi) is 13.4. The van der Waals surface area contributed by atoms with Crippen molar-refractivity contribution in [2.45, 2.75) is 67.2 Å². The number of rotatable bonds is 7. The number of phenols is 1. The number of carbonyl (C=O) groups is 1. The van der Waals surface area contributed by atoms with Gasteiger partial charge in [0.05, 0.1) is 0 Å². The van der Waals surface area contributed by atoms with Gasteiger partial charge in [-0.25, -0.2) is 0 Å². The largest absolute Gasteiger partial charge is 0.508 e. The fraction of sp³-hybridized carbons (Fsp3) is 0.370. The molecular weight excluding hydrogens is 386 g/mol. The topological polar surface area (TPSA) is 58.6 Å². The Morgan fingerprint density at radius 3 is 2.10 bits per heavy atom. The molecule has 0 aromatic heterocycles. The van der Waals surface area contributed by atoms with Crippen LogP contribution in [0.25, 0.3) is 0 Å². The summed E-state index contributed by atoms with van der Waals surface area (Å²) in [4.78, 5) is 11.8. The van der Waals surface area contributed by atoms with Gasteiger partial charge in [-0.05, 0) is 67.6 Å². The molecule has 31 heavy (non-hydrogen) atoms. The molecule has 4 heteroatoms. The first-order chi connectivity index (χ1) is 14.7. The van der Waals surface area contributed by atoms with Crippen LogP contribution in [0.5, 0.6) is 17.2 Å². The van der Waals surface area contributed by atoms with E-state index in [9.17, 15) is 9.90 Å². The van der Waals surface area contributed by atoms with Crippen molar-refractivity contribution in [2.75, 3.05) is 5.32 Å². The highest BCUT2D eigenvalue weighted by Crippen LogP contribution is 2.35. The number of hydrogen-bond donors (Lipinski definition) is 2. The summed E-state index contributed by atoms with van der Waals surface area (Å²) < 4.78 is 6.07. The Morgan fingerprint density at radius 1 is 1.10 bits per heavy atom. The number of ether oxygens (including phenoxy) is 1. The fourth-order valence-electron chi connectivity index (χ4n) is 2.81. The van der Waals surface area contributed by atoms with Gasteiger partial charge in [0, 0.05) is 17.7 Å². The molecule has 0 saturated carbocycles. The van der Waals surface area contributed by atoms with E-state index in [-0.39, 0.29) is 17.6 Å². The Labute approximate surface area is 188 Å². The van der Waals surface area contributed by atoms with Crippen LogP contribution < -0.4 is 10.1 Å². The number of benzene rings is 2. The van der Waals surface area contributed by atoms with E-state index < -0.39 is 0 Å². The number of aryl methyl sites for hydroxylation is 2. The lowest BCUT2D eigenvalue weighted by Gasteiger charge is -2.16. The third kappa shape index (κ3) is 9.56. The molecule has 4 nitrogen and oxygen atoms in total. The second-order valence-corrected chi connectivity index (χ2v) is 7.19. The molecule has 1 amide bonds. The molecule has 2 aromatic carbocycles. The highest BCUT2D eigenvalue weighted by molar-refractivity contribution is 5.91. The number of phenolic OH excluding ortho intramolecular Hbond substituents is 1. The highest BCUT2D eigenvalue weighted by Gasteiger charge is 2.12. The summed E-state index contributed by atoms with van der Waals surface area (Å²) in [6.07, 6.45) is 4.62. The van der Waals surface area contributed by atoms with Crippen LogP contribution in [0.1, 0.15) is 70.1 Å². The predicted octanol–water partition coefficient (Wildman–Crippen LogP) is 8.05. The monoisotopic (exact) mass is 425 g/mol. The average Bonchev–Trinajstić information content (AvgIpc) is 2.73. The molecule has 0 aliphatic heterocycles. The molecule has 0 aliphatic carbocycles. The highest BCUT2D eigenvalue weighted by atomic mass is 16.5. The fourth-order valence-corrected chi connectivity index (χ4v) is 2.81. The standard InChI is InChI=1S/C21H27NO3.C4H6.C2H6/c1-6-7-20(24)22-16-10-14(4)21(15(5)11-16)25-17-8-9-19(23)18(12-17)13(2)3;1-3-4-2;1-2/h8-13,23H,6-7H2,1-5H3,(H,22,24);3-4H,1-2H2;1-2H3. The van der Waals surface area contributed by atoms with E-state index in [1.165, 1.54) is 0 Å². The summed E-state index contributed by atoms with van der Waals surface area (Å²) in [5.74, 6) is 1.98. The lowest BCUT2D eigenvalue weighted by Crippen LogP contribution is -2.11. The number of aromatic hydroxyl groups is 1. The predicted molar refractivity (Wildman–Crippen MR) is 133 cm³/mol. The lowest BCUT2D eigenvalue weighted by atomic mass is 10.0. The van der Waals surface area contributed by atoms with Crippen LogP contribution in [0, 0.1) is 13.8 Å². The van der Waals surface area contributed by atoms with Crippen LogP contribution >= 0.6 is 0 Å². The summed E-state index contributed by atoms with van der Waals surface area (Å²) in [5.41, 5.74) is 3.54. The summed E-state index contributed by atoms with van der Waals surface area (Å²) >= 11 is 0. The Bertz CT molecular complexity index is 825. The number of allylic oxidation sites excluding steroid dienone is 2. The SMILES string of the molecule is C=CC=C.CC.CCCC(=O)Nc1cc(C)c(Oc2ccc(O)c(C(C)C)c2)c(C)c1. The third-order valence-corrected chi connectivity index (χ3v) is 4.23. The van der Waals surface area contributed by atoms with Crippen molar-refractivity contribution in [3.63, 3.8) is 0 Å². The van der Waals surface area contributed by atoms with Gasteiger partial charge in [-0.3, -0.25) is 4.79 Å². The molecule has 0 bridgehead atoms. The van der Waals surface area contributed by atoms with Crippen molar-refractivity contribution < 1.29 is 14.6 Å². The summed E-state index contributed by atoms with van der Waals surface area (Å²) in [6, 6.07) is 9.13. The normalized spacial score (nSPS) is 9.55. The van der Waals surface area contributed by atoms with Crippen molar-refractivity contribution in [2.24, 2.45) is 0 Å². The van der Waals surface area contributed by atoms with E-state index in [1.807, 2.05) is 66.7 Å². The zero-order valence-corrected chi connectivity index (χ0v) is 20.2. The van der Waals surface area contributed by atoms with E-state index in [2.05, 4.69) is 18.5 Å². The van der Waals surface area contributed by atoms with Crippen LogP contribution in [0.15, 0.2) is 55.6 Å². The Morgan fingerprint density at radius 2 is 1.65 bits per heavy atom. The number of carbonyl (C=O) groups excluding carboxylic acids is 1. The molecule has 170 valence electrons. The van der Waals surface area contributed by atoms with E-state index in [1.54, 1.807) is 24.3 Å². The number of anilines is 1. The second-order valence-electron chi connectivity index (χ2n) is 7.19. The molecule has 0 aliphatic rings. The Hall–Kier alpha value is -3.01. The first-order valence-electron chi connectivity index (χ1n) is 10.9. The van der Waals surface area contributed by atoms with Crippen LogP contribution in [-0.4, -0.2) is 11.0 Å². The number of hydrogen-bond acceptors (Lipinski definition) is 3. The minimum absolute atomic E-state index is 0.0232. The quantitative estimate of drug-likeness (QED) is 0.441. The number of nitrogens with one attached hydrogen (secondary N) is 1. The van der Waals surface area contributed by atoms with Crippen molar-refractivity contribution in [1.29, 1.82) is 0 Å². The van der Waals surface area contributed by atoms with Crippen molar-refractivity contribution in [3.05, 3.63) is 72.3 Å². The molecule has 0 fully saturated rings. The van der Waals surface area contributed by atoms with E-state index in [0.29, 0.717) is 12.2 Å². The van der Waals surface area contributed by atoms with Crippen LogP contribution in [0.3, 0.4) is 0 Å². The van der Waals surface area contributed by atoms with Crippen LogP contribution in [-0.2, 0) is 4.79 Å². The zero-order valence-electron chi connectivity index (χ0n) is 20.2. The smallest absolute Gasteiger partial charge is 0.224 e. The Balaban J connectivity index is 0.00000134. The van der Waals surface area contributed by atoms with Crippen molar-refractivity contribution in [1.82, 2.24) is 0 Å². The summed E-state index contributed by atoms with van der Waals surface area (Å²) in [5, 5.41) is 12.9. The van der Waals surface area contributed by atoms with Gasteiger partial charge in [0.25, 0.3) is 0 Å². The zero-order chi connectivity index (χ0) is 24.0. The first-order valence-corrected chi connectivity index (χ1v) is 10.9. The van der Waals surface area contributed by atoms with Gasteiger partial charge in [0.15, 0.2) is 0 Å². The van der Waals surface area contributed by atoms with E-state index in [4.69, 9.17) is 4.74 Å². The van der Waals surface area contributed by atoms with Gasteiger partial charge in [-0.2, -0.15) is 0 Å². The van der Waals surface area contributed by atoms with Gasteiger partial charge in [0.2, 0.25) is 5.91 Å². The maximum absolute atomic E-state index is 11.8. The van der Waals surface area contributed by atoms with Gasteiger partial charge in [-0.15, -0.1) is 0 Å². The summed E-state index contributed by atoms with van der Waals surface area (Å²) in [6.45, 7) is 20.7. The third-order valence-electron chi connectivity index (χ3n) is 4.23. The minimum atomic E-state index is 0.0232. The lowest BCUT2D eigenvalue weighted by molar-refractivity contribution is -0.116. The molecule has 2 aromatic rings. The van der Waals surface area contributed by atoms with Crippen molar-refractivity contribution in [3.8, 4) is 17.2 Å². The molecule has 0 radical (unpaired) electrons. The first kappa shape index (κ1) is 28.0. The molecule has 0 heterocycles. The average molecular weight is 426 g/mol. The number of amides is 1. The van der Waals surface area contributed by atoms with Gasteiger partial charge >= 0.3 is 0 Å². The molecule has 2 rings (SSSR count). The second kappa shape index (κ2) is 14.9. The molecule has 0 unspecified atom stereocenters. The maximum atomic E-state index is 11.8. The molecule has 0 spiro atoms. The maximum Gasteiger partial charge on any atom is 0.224 e. The van der Waals surface area contributed by atoms with Gasteiger partial charge in [0.1, 0.15) is 17.2 Å². The van der Waals surface area contributed by atoms with E-state index in [0.717, 1.165) is 34.5 Å². The van der Waals surface area contributed by atoms with Crippen LogP contribution in [0.4, 0.5) is 5.69 Å².